The number of ether oxygens (including phenoxy) is 1. The number of hydrogen-bond acceptors (Lipinski definition) is 5. The van der Waals surface area contributed by atoms with E-state index in [1.807, 2.05) is 6.92 Å². The molecule has 0 aromatic carbocycles. The van der Waals surface area contributed by atoms with Gasteiger partial charge in [0.15, 0.2) is 0 Å². The molecule has 7 nitrogen and oxygen atoms in total. The molecule has 0 fully saturated rings. The summed E-state index contributed by atoms with van der Waals surface area (Å²) in [5, 5.41) is 15.3. The highest BCUT2D eigenvalue weighted by atomic mass is 16.5. The van der Waals surface area contributed by atoms with Crippen LogP contribution in [-0.2, 0) is 19.1 Å². The van der Waals surface area contributed by atoms with E-state index >= 15 is 0 Å². The molecule has 0 aliphatic heterocycles. The summed E-state index contributed by atoms with van der Waals surface area (Å²) in [4.78, 5) is 35.8. The van der Waals surface area contributed by atoms with Crippen molar-refractivity contribution in [2.24, 2.45) is 0 Å². The molecule has 0 bridgehead atoms. The van der Waals surface area contributed by atoms with Crippen LogP contribution in [0.4, 0.5) is 0 Å². The molecule has 0 saturated heterocycles. The fraction of sp³-hybridized carbons (Fsp3) is 0.880. The van der Waals surface area contributed by atoms with Crippen LogP contribution in [0.5, 0.6) is 0 Å². The number of aliphatic hydroxyl groups excluding tert-OH is 1. The number of nitrogens with one attached hydrogen (secondary N) is 2. The Balaban J connectivity index is 3.99. The van der Waals surface area contributed by atoms with Gasteiger partial charge in [0, 0.05) is 0 Å². The van der Waals surface area contributed by atoms with Gasteiger partial charge in [-0.2, -0.15) is 0 Å². The Hall–Kier alpha value is -1.63. The zero-order valence-electron chi connectivity index (χ0n) is 20.8. The van der Waals surface area contributed by atoms with Crippen molar-refractivity contribution < 1.29 is 24.2 Å². The topological polar surface area (TPSA) is 105 Å². The lowest BCUT2D eigenvalue weighted by Gasteiger charge is -2.20. The maximum Gasteiger partial charge on any atom is 0.325 e. The Kier molecular flexibility index (Phi) is 20.1. The van der Waals surface area contributed by atoms with Crippen molar-refractivity contribution in [3.8, 4) is 0 Å². The lowest BCUT2D eigenvalue weighted by atomic mass is 10.0. The molecule has 0 aromatic heterocycles. The van der Waals surface area contributed by atoms with E-state index in [1.165, 1.54) is 64.9 Å². The molecule has 188 valence electrons. The zero-order valence-corrected chi connectivity index (χ0v) is 20.8. The van der Waals surface area contributed by atoms with Crippen LogP contribution in [0.1, 0.15) is 117 Å². The summed E-state index contributed by atoms with van der Waals surface area (Å²) >= 11 is 0. The Morgan fingerprint density at radius 1 is 0.719 bits per heavy atom. The smallest absolute Gasteiger partial charge is 0.325 e. The summed E-state index contributed by atoms with van der Waals surface area (Å²) in [7, 11) is 1.25. The van der Waals surface area contributed by atoms with Crippen molar-refractivity contribution >= 4 is 17.8 Å². The van der Waals surface area contributed by atoms with Gasteiger partial charge in [0.1, 0.15) is 18.7 Å². The standard InChI is InChI=1S/C25H48N2O5/c1-4-6-8-9-10-11-12-13-14-15-16-17-19-22(28)25(31)27-21(18-7-5-2)24(30)26-20-23(29)32-3/h21-22,28H,4-20H2,1-3H3,(H,26,30)(H,27,31)/t21?,22-/m0/s1. The van der Waals surface area contributed by atoms with E-state index in [0.717, 1.165) is 32.1 Å². The third kappa shape index (κ3) is 17.0. The van der Waals surface area contributed by atoms with Gasteiger partial charge in [0.05, 0.1) is 7.11 Å². The minimum atomic E-state index is -1.12. The molecular formula is C25H48N2O5. The highest BCUT2D eigenvalue weighted by Crippen LogP contribution is 2.13. The quantitative estimate of drug-likeness (QED) is 0.175. The molecule has 2 amide bonds. The Bertz CT molecular complexity index is 499. The summed E-state index contributed by atoms with van der Waals surface area (Å²) in [6.07, 6.45) is 16.1. The van der Waals surface area contributed by atoms with Gasteiger partial charge in [-0.05, 0) is 12.8 Å². The maximum absolute atomic E-state index is 12.3. The third-order valence-electron chi connectivity index (χ3n) is 5.75. The summed E-state index contributed by atoms with van der Waals surface area (Å²) in [5.41, 5.74) is 0. The van der Waals surface area contributed by atoms with E-state index in [2.05, 4.69) is 22.3 Å². The van der Waals surface area contributed by atoms with Gasteiger partial charge >= 0.3 is 5.97 Å². The first-order chi connectivity index (χ1) is 15.5. The Morgan fingerprint density at radius 3 is 1.72 bits per heavy atom. The summed E-state index contributed by atoms with van der Waals surface area (Å²) in [6.45, 7) is 3.99. The fourth-order valence-corrected chi connectivity index (χ4v) is 3.61. The van der Waals surface area contributed by atoms with Crippen LogP contribution in [0.3, 0.4) is 0 Å². The molecule has 2 atom stereocenters. The second-order valence-corrected chi connectivity index (χ2v) is 8.69. The minimum absolute atomic E-state index is 0.241. The first-order valence-corrected chi connectivity index (χ1v) is 12.8. The number of hydrogen-bond donors (Lipinski definition) is 3. The second-order valence-electron chi connectivity index (χ2n) is 8.69. The number of methoxy groups -OCH3 is 1. The number of rotatable bonds is 21. The van der Waals surface area contributed by atoms with Crippen molar-refractivity contribution in [2.75, 3.05) is 13.7 Å². The molecule has 3 N–H and O–H groups in total. The number of aliphatic hydroxyl groups is 1. The van der Waals surface area contributed by atoms with Crippen LogP contribution in [-0.4, -0.2) is 48.7 Å². The zero-order chi connectivity index (χ0) is 24.0. The molecule has 1 unspecified atom stereocenters. The lowest BCUT2D eigenvalue weighted by Crippen LogP contribution is -2.50. The van der Waals surface area contributed by atoms with Crippen LogP contribution in [0.25, 0.3) is 0 Å². The van der Waals surface area contributed by atoms with Crippen LogP contribution >= 0.6 is 0 Å². The molecule has 0 aliphatic rings. The predicted molar refractivity (Wildman–Crippen MR) is 128 cm³/mol. The molecule has 0 radical (unpaired) electrons. The number of carbonyl (C=O) groups excluding carboxylic acids is 3. The van der Waals surface area contributed by atoms with E-state index in [1.54, 1.807) is 0 Å². The number of esters is 1. The molecule has 7 heteroatoms. The highest BCUT2D eigenvalue weighted by Gasteiger charge is 2.24. The van der Waals surface area contributed by atoms with Gasteiger partial charge in [-0.3, -0.25) is 14.4 Å². The average Bonchev–Trinajstić information content (AvgIpc) is 2.80. The molecule has 32 heavy (non-hydrogen) atoms. The molecular weight excluding hydrogens is 408 g/mol. The summed E-state index contributed by atoms with van der Waals surface area (Å²) in [5.74, 6) is -1.51. The Labute approximate surface area is 195 Å². The van der Waals surface area contributed by atoms with Gasteiger partial charge in [0.2, 0.25) is 11.8 Å². The first kappa shape index (κ1) is 30.4. The van der Waals surface area contributed by atoms with Crippen LogP contribution in [0.2, 0.25) is 0 Å². The normalized spacial score (nSPS) is 12.8. The predicted octanol–water partition coefficient (Wildman–Crippen LogP) is 4.40. The van der Waals surface area contributed by atoms with Gasteiger partial charge in [-0.15, -0.1) is 0 Å². The van der Waals surface area contributed by atoms with Crippen LogP contribution < -0.4 is 10.6 Å². The van der Waals surface area contributed by atoms with Gasteiger partial charge in [-0.25, -0.2) is 0 Å². The minimum Gasteiger partial charge on any atom is -0.468 e. The first-order valence-electron chi connectivity index (χ1n) is 12.8. The van der Waals surface area contributed by atoms with Crippen molar-refractivity contribution in [2.45, 2.75) is 129 Å². The van der Waals surface area contributed by atoms with Crippen molar-refractivity contribution in [1.29, 1.82) is 0 Å². The number of amides is 2. The van der Waals surface area contributed by atoms with Crippen LogP contribution in [0.15, 0.2) is 0 Å². The van der Waals surface area contributed by atoms with E-state index in [-0.39, 0.29) is 6.54 Å². The Morgan fingerprint density at radius 2 is 1.22 bits per heavy atom. The van der Waals surface area contributed by atoms with E-state index in [9.17, 15) is 19.5 Å². The molecule has 0 rings (SSSR count). The van der Waals surface area contributed by atoms with E-state index in [0.29, 0.717) is 12.8 Å². The van der Waals surface area contributed by atoms with Gasteiger partial charge in [0.25, 0.3) is 0 Å². The van der Waals surface area contributed by atoms with Crippen molar-refractivity contribution in [1.82, 2.24) is 10.6 Å². The molecule has 0 saturated carbocycles. The third-order valence-corrected chi connectivity index (χ3v) is 5.75. The van der Waals surface area contributed by atoms with Gasteiger partial charge in [-0.1, -0.05) is 104 Å². The van der Waals surface area contributed by atoms with E-state index < -0.39 is 29.9 Å². The number of unbranched alkanes of at least 4 members (excludes halogenated alkanes) is 12. The lowest BCUT2D eigenvalue weighted by molar-refractivity contribution is -0.141. The average molecular weight is 457 g/mol. The van der Waals surface area contributed by atoms with Crippen LogP contribution in [0, 0.1) is 0 Å². The second kappa shape index (κ2) is 21.2. The molecule has 0 heterocycles. The SMILES string of the molecule is CCCCCCCCCCCCCC[C@H](O)C(=O)NC(CCCC)C(=O)NCC(=O)OC. The monoisotopic (exact) mass is 456 g/mol. The highest BCUT2D eigenvalue weighted by molar-refractivity contribution is 5.90. The van der Waals surface area contributed by atoms with Crippen molar-refractivity contribution in [3.05, 3.63) is 0 Å². The van der Waals surface area contributed by atoms with E-state index in [4.69, 9.17) is 0 Å². The van der Waals surface area contributed by atoms with Gasteiger partial charge < -0.3 is 20.5 Å². The molecule has 0 spiro atoms. The summed E-state index contributed by atoms with van der Waals surface area (Å²) < 4.78 is 4.51. The largest absolute Gasteiger partial charge is 0.468 e. The maximum atomic E-state index is 12.3. The number of carbonyl (C=O) groups is 3. The molecule has 0 aromatic rings. The van der Waals surface area contributed by atoms with Crippen molar-refractivity contribution in [3.63, 3.8) is 0 Å². The molecule has 0 aliphatic carbocycles. The summed E-state index contributed by atoms with van der Waals surface area (Å²) in [6, 6.07) is -0.760. The fourth-order valence-electron chi connectivity index (χ4n) is 3.61.